The predicted octanol–water partition coefficient (Wildman–Crippen LogP) is 4.69. The van der Waals surface area contributed by atoms with Gasteiger partial charge in [0.1, 0.15) is 5.75 Å². The quantitative estimate of drug-likeness (QED) is 0.550. The fourth-order valence-electron chi connectivity index (χ4n) is 6.52. The molecule has 2 aromatic carbocycles. The zero-order chi connectivity index (χ0) is 26.5. The molecule has 3 aliphatic rings. The lowest BCUT2D eigenvalue weighted by Crippen LogP contribution is -2.56. The summed E-state index contributed by atoms with van der Waals surface area (Å²) in [7, 11) is 0. The van der Waals surface area contributed by atoms with Crippen molar-refractivity contribution in [1.29, 1.82) is 0 Å². The highest BCUT2D eigenvalue weighted by Gasteiger charge is 2.47. The number of benzene rings is 2. The number of phenols is 1. The Hall–Kier alpha value is -3.46. The lowest BCUT2D eigenvalue weighted by Gasteiger charge is -2.52. The molecule has 6 heteroatoms. The molecule has 38 heavy (non-hydrogen) atoms. The van der Waals surface area contributed by atoms with Crippen LogP contribution in [-0.2, 0) is 9.59 Å². The maximum Gasteiger partial charge on any atom is 0.224 e. The predicted molar refractivity (Wildman–Crippen MR) is 150 cm³/mol. The molecule has 200 valence electrons. The van der Waals surface area contributed by atoms with Crippen LogP contribution in [-0.4, -0.2) is 54.0 Å². The zero-order valence-electron chi connectivity index (χ0n) is 22.4. The Morgan fingerprint density at radius 2 is 1.66 bits per heavy atom. The highest BCUT2D eigenvalue weighted by molar-refractivity contribution is 5.79. The Balaban J connectivity index is 1.04. The van der Waals surface area contributed by atoms with E-state index < -0.39 is 0 Å². The first-order valence-electron chi connectivity index (χ1n) is 14.0. The molecular weight excluding hydrogens is 474 g/mol. The van der Waals surface area contributed by atoms with Gasteiger partial charge in [0.25, 0.3) is 0 Å². The highest BCUT2D eigenvalue weighted by Crippen LogP contribution is 2.49. The fraction of sp³-hybridized carbons (Fsp3) is 0.500. The summed E-state index contributed by atoms with van der Waals surface area (Å²) in [6.07, 6.45) is 6.24. The van der Waals surface area contributed by atoms with Crippen molar-refractivity contribution < 1.29 is 14.7 Å². The molecule has 2 heterocycles. The van der Waals surface area contributed by atoms with Crippen LogP contribution in [0.2, 0.25) is 0 Å². The normalized spacial score (nSPS) is 20.2. The summed E-state index contributed by atoms with van der Waals surface area (Å²) >= 11 is 0. The van der Waals surface area contributed by atoms with Gasteiger partial charge in [-0.25, -0.2) is 0 Å². The van der Waals surface area contributed by atoms with Gasteiger partial charge in [0.05, 0.1) is 5.92 Å². The standard InChI is InChI=1S/C32H39N3O3/c1-2-6-26(24-9-11-29(36)12-10-24)21-30(37)35-19-15-32(16-20-35)22-27(23-32)33-31(38)25-13-17-34(18-14-25)28-7-4-3-5-8-28/h3-5,7-12,25-27,36H,13-23H2,1H3,(H,33,38)/t26-/m0/s1. The number of amides is 2. The Bertz CT molecular complexity index is 1160. The van der Waals surface area contributed by atoms with Gasteiger partial charge in [-0.3, -0.25) is 9.59 Å². The molecule has 2 saturated heterocycles. The van der Waals surface area contributed by atoms with E-state index >= 15 is 0 Å². The van der Waals surface area contributed by atoms with Crippen LogP contribution in [0.3, 0.4) is 0 Å². The van der Waals surface area contributed by atoms with Crippen molar-refractivity contribution in [3.05, 3.63) is 60.2 Å². The van der Waals surface area contributed by atoms with Crippen LogP contribution in [0.25, 0.3) is 0 Å². The van der Waals surface area contributed by atoms with E-state index in [4.69, 9.17) is 0 Å². The fourth-order valence-corrected chi connectivity index (χ4v) is 6.52. The van der Waals surface area contributed by atoms with E-state index in [1.165, 1.54) is 5.69 Å². The number of carbonyl (C=O) groups excluding carboxylic acids is 2. The second-order valence-electron chi connectivity index (χ2n) is 11.3. The van der Waals surface area contributed by atoms with Gasteiger partial charge >= 0.3 is 0 Å². The Labute approximate surface area is 226 Å². The molecule has 3 fully saturated rings. The van der Waals surface area contributed by atoms with Crippen molar-refractivity contribution >= 4 is 17.5 Å². The zero-order valence-corrected chi connectivity index (χ0v) is 22.4. The highest BCUT2D eigenvalue weighted by atomic mass is 16.3. The third kappa shape index (κ3) is 5.99. The lowest BCUT2D eigenvalue weighted by molar-refractivity contribution is -0.135. The number of carbonyl (C=O) groups is 2. The van der Waals surface area contributed by atoms with E-state index in [-0.39, 0.29) is 40.9 Å². The molecule has 6 nitrogen and oxygen atoms in total. The van der Waals surface area contributed by atoms with Gasteiger partial charge in [0.15, 0.2) is 0 Å². The van der Waals surface area contributed by atoms with Gasteiger partial charge in [-0.15, -0.1) is 5.92 Å². The van der Waals surface area contributed by atoms with Gasteiger partial charge < -0.3 is 20.2 Å². The van der Waals surface area contributed by atoms with Crippen LogP contribution >= 0.6 is 0 Å². The van der Waals surface area contributed by atoms with Crippen LogP contribution in [0.15, 0.2) is 54.6 Å². The summed E-state index contributed by atoms with van der Waals surface area (Å²) in [6, 6.07) is 17.7. The van der Waals surface area contributed by atoms with E-state index in [1.54, 1.807) is 19.1 Å². The summed E-state index contributed by atoms with van der Waals surface area (Å²) in [5.41, 5.74) is 2.47. The average Bonchev–Trinajstić information content (AvgIpc) is 2.93. The second kappa shape index (κ2) is 11.5. The minimum Gasteiger partial charge on any atom is -0.508 e. The summed E-state index contributed by atoms with van der Waals surface area (Å²) in [5.74, 6) is 6.66. The minimum atomic E-state index is -0.160. The van der Waals surface area contributed by atoms with Crippen molar-refractivity contribution in [2.75, 3.05) is 31.1 Å². The van der Waals surface area contributed by atoms with E-state index in [0.717, 1.165) is 70.3 Å². The van der Waals surface area contributed by atoms with Crippen molar-refractivity contribution in [2.24, 2.45) is 11.3 Å². The Kier molecular flexibility index (Phi) is 7.93. The van der Waals surface area contributed by atoms with Crippen LogP contribution < -0.4 is 10.2 Å². The molecule has 0 radical (unpaired) electrons. The molecule has 1 atom stereocenters. The number of aromatic hydroxyl groups is 1. The van der Waals surface area contributed by atoms with Crippen LogP contribution in [0.1, 0.15) is 63.4 Å². The van der Waals surface area contributed by atoms with Crippen LogP contribution in [0, 0.1) is 23.2 Å². The van der Waals surface area contributed by atoms with Crippen LogP contribution in [0.4, 0.5) is 5.69 Å². The number of hydrogen-bond acceptors (Lipinski definition) is 4. The van der Waals surface area contributed by atoms with E-state index in [0.29, 0.717) is 6.42 Å². The molecule has 1 spiro atoms. The molecule has 0 aromatic heterocycles. The number of para-hydroxylation sites is 1. The summed E-state index contributed by atoms with van der Waals surface area (Å²) in [4.78, 5) is 30.4. The smallest absolute Gasteiger partial charge is 0.224 e. The molecule has 1 saturated carbocycles. The monoisotopic (exact) mass is 513 g/mol. The van der Waals surface area contributed by atoms with Gasteiger partial charge in [0, 0.05) is 50.2 Å². The van der Waals surface area contributed by atoms with E-state index in [1.807, 2.05) is 23.1 Å². The maximum atomic E-state index is 13.1. The molecule has 1 aliphatic carbocycles. The van der Waals surface area contributed by atoms with Crippen molar-refractivity contribution in [3.8, 4) is 17.6 Å². The number of rotatable bonds is 6. The summed E-state index contributed by atoms with van der Waals surface area (Å²) < 4.78 is 0. The van der Waals surface area contributed by atoms with Gasteiger partial charge in [-0.05, 0) is 80.7 Å². The second-order valence-corrected chi connectivity index (χ2v) is 11.3. The first kappa shape index (κ1) is 26.2. The number of piperidine rings is 2. The topological polar surface area (TPSA) is 72.9 Å². The minimum absolute atomic E-state index is 0.110. The van der Waals surface area contributed by atoms with Crippen molar-refractivity contribution in [3.63, 3.8) is 0 Å². The molecule has 2 aliphatic heterocycles. The first-order valence-corrected chi connectivity index (χ1v) is 14.0. The molecule has 2 amide bonds. The van der Waals surface area contributed by atoms with Gasteiger partial charge in [-0.1, -0.05) is 36.3 Å². The number of hydrogen-bond donors (Lipinski definition) is 2. The Morgan fingerprint density at radius 3 is 2.29 bits per heavy atom. The maximum absolute atomic E-state index is 13.1. The number of anilines is 1. The number of phenolic OH excluding ortho intramolecular Hbond substituents is 1. The summed E-state index contributed by atoms with van der Waals surface area (Å²) in [5, 5.41) is 12.9. The number of nitrogens with one attached hydrogen (secondary N) is 1. The van der Waals surface area contributed by atoms with Gasteiger partial charge in [0.2, 0.25) is 11.8 Å². The molecular formula is C32H39N3O3. The van der Waals surface area contributed by atoms with E-state index in [2.05, 4.69) is 46.3 Å². The van der Waals surface area contributed by atoms with Crippen LogP contribution in [0.5, 0.6) is 5.75 Å². The van der Waals surface area contributed by atoms with Crippen molar-refractivity contribution in [2.45, 2.75) is 63.8 Å². The molecule has 5 rings (SSSR count). The first-order chi connectivity index (χ1) is 18.4. The lowest BCUT2D eigenvalue weighted by atomic mass is 9.60. The third-order valence-electron chi connectivity index (χ3n) is 8.86. The number of likely N-dealkylation sites (tertiary alicyclic amines) is 1. The van der Waals surface area contributed by atoms with Crippen molar-refractivity contribution in [1.82, 2.24) is 10.2 Å². The van der Waals surface area contributed by atoms with Gasteiger partial charge in [-0.2, -0.15) is 0 Å². The molecule has 0 unspecified atom stereocenters. The molecule has 2 aromatic rings. The summed E-state index contributed by atoms with van der Waals surface area (Å²) in [6.45, 7) is 5.20. The van der Waals surface area contributed by atoms with E-state index in [9.17, 15) is 14.7 Å². The molecule has 2 N–H and O–H groups in total. The Morgan fingerprint density at radius 1 is 1.00 bits per heavy atom. The third-order valence-corrected chi connectivity index (χ3v) is 8.86. The number of nitrogens with zero attached hydrogens (tertiary/aromatic N) is 2. The largest absolute Gasteiger partial charge is 0.508 e. The molecule has 0 bridgehead atoms. The SMILES string of the molecule is CC#C[C@@H](CC(=O)N1CCC2(CC1)CC(NC(=O)C1CCN(c3ccccc3)CC1)C2)c1ccc(O)cc1. The average molecular weight is 514 g/mol.